The van der Waals surface area contributed by atoms with Gasteiger partial charge in [-0.3, -0.25) is 0 Å². The second-order valence-corrected chi connectivity index (χ2v) is 4.01. The lowest BCUT2D eigenvalue weighted by atomic mass is 10.0. The Hall–Kier alpha value is -1.16. The second kappa shape index (κ2) is 2.67. The molecular weight excluding hydrogens is 182 g/mol. The highest BCUT2D eigenvalue weighted by Gasteiger charge is 2.29. The van der Waals surface area contributed by atoms with Crippen molar-refractivity contribution in [1.82, 2.24) is 4.98 Å². The Morgan fingerprint density at radius 1 is 1.46 bits per heavy atom. The Labute approximate surface area is 82.6 Å². The minimum absolute atomic E-state index is 0.189. The van der Waals surface area contributed by atoms with Gasteiger partial charge in [0.25, 0.3) is 0 Å². The van der Waals surface area contributed by atoms with E-state index in [2.05, 4.69) is 15.6 Å². The molecule has 0 saturated heterocycles. The molecule has 4 heteroatoms. The molecular formula is C9H11N3S. The maximum absolute atomic E-state index is 5.20. The summed E-state index contributed by atoms with van der Waals surface area (Å²) < 4.78 is 0. The largest absolute Gasteiger partial charge is 0.371 e. The van der Waals surface area contributed by atoms with Crippen LogP contribution in [0.25, 0.3) is 0 Å². The fourth-order valence-corrected chi connectivity index (χ4v) is 1.41. The number of pyridine rings is 1. The first kappa shape index (κ1) is 8.44. The molecule has 0 radical (unpaired) electrons. The van der Waals surface area contributed by atoms with Crippen molar-refractivity contribution in [2.75, 3.05) is 10.6 Å². The molecule has 0 spiro atoms. The first-order valence-corrected chi connectivity index (χ1v) is 4.55. The Balaban J connectivity index is 2.44. The maximum atomic E-state index is 5.20. The predicted molar refractivity (Wildman–Crippen MR) is 58.2 cm³/mol. The van der Waals surface area contributed by atoms with Gasteiger partial charge in [0.1, 0.15) is 4.99 Å². The molecule has 1 aromatic rings. The quantitative estimate of drug-likeness (QED) is 0.618. The fourth-order valence-electron chi connectivity index (χ4n) is 1.26. The normalized spacial score (nSPS) is 18.5. The lowest BCUT2D eigenvalue weighted by Gasteiger charge is -2.34. The van der Waals surface area contributed by atoms with Crippen LogP contribution in [0, 0.1) is 0 Å². The molecule has 2 rings (SSSR count). The van der Waals surface area contributed by atoms with Crippen molar-refractivity contribution in [3.63, 3.8) is 0 Å². The van der Waals surface area contributed by atoms with E-state index in [1.54, 1.807) is 6.20 Å². The van der Waals surface area contributed by atoms with Crippen molar-refractivity contribution in [2.24, 2.45) is 0 Å². The summed E-state index contributed by atoms with van der Waals surface area (Å²) in [6.07, 6.45) is 1.74. The van der Waals surface area contributed by atoms with Gasteiger partial charge in [0.05, 0.1) is 11.2 Å². The summed E-state index contributed by atoms with van der Waals surface area (Å²) in [4.78, 5) is 4.95. The molecule has 68 valence electrons. The van der Waals surface area contributed by atoms with Crippen molar-refractivity contribution in [3.8, 4) is 0 Å². The summed E-state index contributed by atoms with van der Waals surface area (Å²) >= 11 is 5.20. The van der Waals surface area contributed by atoms with Crippen LogP contribution in [-0.2, 0) is 0 Å². The smallest absolute Gasteiger partial charge is 0.154 e. The number of aromatic nitrogens is 1. The standard InChI is InChI=1S/C9H11N3S/c1-9(2)8(13)11-7-6(12-9)4-3-5-10-7/h3-5,12H,1-2H3,(H,10,11,13). The number of thiocarbonyl (C=S) groups is 1. The summed E-state index contributed by atoms with van der Waals surface area (Å²) in [6, 6.07) is 3.89. The van der Waals surface area contributed by atoms with Crippen molar-refractivity contribution in [1.29, 1.82) is 0 Å². The third kappa shape index (κ3) is 1.37. The molecule has 1 aliphatic heterocycles. The highest BCUT2D eigenvalue weighted by Crippen LogP contribution is 2.28. The van der Waals surface area contributed by atoms with E-state index in [0.717, 1.165) is 16.5 Å². The minimum Gasteiger partial charge on any atom is -0.371 e. The summed E-state index contributed by atoms with van der Waals surface area (Å²) in [7, 11) is 0. The summed E-state index contributed by atoms with van der Waals surface area (Å²) in [5.41, 5.74) is 0.812. The van der Waals surface area contributed by atoms with Gasteiger partial charge in [-0.05, 0) is 26.0 Å². The van der Waals surface area contributed by atoms with Crippen LogP contribution in [0.4, 0.5) is 11.5 Å². The number of anilines is 2. The van der Waals surface area contributed by atoms with Crippen LogP contribution in [0.5, 0.6) is 0 Å². The van der Waals surface area contributed by atoms with E-state index in [4.69, 9.17) is 12.2 Å². The zero-order valence-corrected chi connectivity index (χ0v) is 8.40. The molecule has 2 N–H and O–H groups in total. The fraction of sp³-hybridized carbons (Fsp3) is 0.333. The first-order valence-electron chi connectivity index (χ1n) is 4.14. The molecule has 0 bridgehead atoms. The predicted octanol–water partition coefficient (Wildman–Crippen LogP) is 2.02. The number of fused-ring (bicyclic) bond motifs is 1. The summed E-state index contributed by atoms with van der Waals surface area (Å²) in [6.45, 7) is 4.08. The Morgan fingerprint density at radius 3 is 3.00 bits per heavy atom. The van der Waals surface area contributed by atoms with Gasteiger partial charge < -0.3 is 10.6 Å². The van der Waals surface area contributed by atoms with E-state index in [-0.39, 0.29) is 5.54 Å². The average molecular weight is 193 g/mol. The molecule has 0 atom stereocenters. The Morgan fingerprint density at radius 2 is 2.23 bits per heavy atom. The zero-order valence-electron chi connectivity index (χ0n) is 7.59. The van der Waals surface area contributed by atoms with Crippen LogP contribution >= 0.6 is 12.2 Å². The Kier molecular flexibility index (Phi) is 1.73. The molecule has 0 unspecified atom stereocenters. The number of hydrogen-bond acceptors (Lipinski definition) is 3. The van der Waals surface area contributed by atoms with E-state index >= 15 is 0 Å². The molecule has 0 aromatic carbocycles. The van der Waals surface area contributed by atoms with Crippen molar-refractivity contribution in [3.05, 3.63) is 18.3 Å². The molecule has 0 saturated carbocycles. The molecule has 1 aliphatic rings. The van der Waals surface area contributed by atoms with E-state index in [1.807, 2.05) is 26.0 Å². The zero-order chi connectivity index (χ0) is 9.47. The Bertz CT molecular complexity index is 360. The number of rotatable bonds is 0. The highest BCUT2D eigenvalue weighted by atomic mass is 32.1. The molecule has 0 amide bonds. The van der Waals surface area contributed by atoms with E-state index in [9.17, 15) is 0 Å². The van der Waals surface area contributed by atoms with E-state index in [1.165, 1.54) is 0 Å². The van der Waals surface area contributed by atoms with Crippen LogP contribution < -0.4 is 10.6 Å². The highest BCUT2D eigenvalue weighted by molar-refractivity contribution is 7.80. The molecule has 13 heavy (non-hydrogen) atoms. The number of nitrogens with one attached hydrogen (secondary N) is 2. The third-order valence-corrected chi connectivity index (χ3v) is 2.67. The van der Waals surface area contributed by atoms with Gasteiger partial charge in [-0.15, -0.1) is 0 Å². The van der Waals surface area contributed by atoms with Gasteiger partial charge in [-0.25, -0.2) is 4.98 Å². The van der Waals surface area contributed by atoms with Crippen LogP contribution in [0.3, 0.4) is 0 Å². The van der Waals surface area contributed by atoms with Crippen LogP contribution in [-0.4, -0.2) is 15.5 Å². The lowest BCUT2D eigenvalue weighted by molar-refractivity contribution is 0.759. The second-order valence-electron chi connectivity index (χ2n) is 3.60. The topological polar surface area (TPSA) is 37.0 Å². The molecule has 3 nitrogen and oxygen atoms in total. The van der Waals surface area contributed by atoms with Gasteiger partial charge in [0.2, 0.25) is 0 Å². The van der Waals surface area contributed by atoms with Gasteiger partial charge in [-0.1, -0.05) is 12.2 Å². The van der Waals surface area contributed by atoms with Crippen molar-refractivity contribution >= 4 is 28.7 Å². The lowest BCUT2D eigenvalue weighted by Crippen LogP contribution is -2.46. The van der Waals surface area contributed by atoms with Gasteiger partial charge >= 0.3 is 0 Å². The van der Waals surface area contributed by atoms with Gasteiger partial charge in [0, 0.05) is 6.20 Å². The monoisotopic (exact) mass is 193 g/mol. The van der Waals surface area contributed by atoms with Crippen molar-refractivity contribution < 1.29 is 0 Å². The van der Waals surface area contributed by atoms with Gasteiger partial charge in [0.15, 0.2) is 5.82 Å². The number of nitrogens with zero attached hydrogens (tertiary/aromatic N) is 1. The maximum Gasteiger partial charge on any atom is 0.154 e. The average Bonchev–Trinajstić information content (AvgIpc) is 2.06. The summed E-state index contributed by atoms with van der Waals surface area (Å²) in [5, 5.41) is 6.43. The van der Waals surface area contributed by atoms with Crippen LogP contribution in [0.1, 0.15) is 13.8 Å². The summed E-state index contributed by atoms with van der Waals surface area (Å²) in [5.74, 6) is 0.812. The third-order valence-electron chi connectivity index (χ3n) is 2.05. The molecule has 0 aliphatic carbocycles. The molecule has 1 aromatic heterocycles. The van der Waals surface area contributed by atoms with Crippen LogP contribution in [0.15, 0.2) is 18.3 Å². The van der Waals surface area contributed by atoms with Crippen LogP contribution in [0.2, 0.25) is 0 Å². The number of hydrogen-bond donors (Lipinski definition) is 2. The molecule has 2 heterocycles. The van der Waals surface area contributed by atoms with E-state index in [0.29, 0.717) is 0 Å². The van der Waals surface area contributed by atoms with E-state index < -0.39 is 0 Å². The first-order chi connectivity index (χ1) is 6.09. The SMILES string of the molecule is CC1(C)Nc2cccnc2NC1=S. The minimum atomic E-state index is -0.189. The van der Waals surface area contributed by atoms with Gasteiger partial charge in [-0.2, -0.15) is 0 Å². The molecule has 0 fully saturated rings. The van der Waals surface area contributed by atoms with Crippen molar-refractivity contribution in [2.45, 2.75) is 19.4 Å².